The van der Waals surface area contributed by atoms with Gasteiger partial charge in [-0.2, -0.15) is 0 Å². The summed E-state index contributed by atoms with van der Waals surface area (Å²) in [7, 11) is 0. The van der Waals surface area contributed by atoms with Crippen molar-refractivity contribution in [2.24, 2.45) is 0 Å². The standard InChI is InChI=1S/C15H11NO3/c17-15-13-7-2-1-4-11(13)9-14(15)10-5-3-6-12(8-10)16(18)19/h1-8,14H,9H2. The van der Waals surface area contributed by atoms with Gasteiger partial charge in [0.2, 0.25) is 0 Å². The summed E-state index contributed by atoms with van der Waals surface area (Å²) >= 11 is 0. The first-order chi connectivity index (χ1) is 9.16. The monoisotopic (exact) mass is 253 g/mol. The van der Waals surface area contributed by atoms with Crippen LogP contribution in [0.4, 0.5) is 5.69 Å². The first-order valence-corrected chi connectivity index (χ1v) is 6.03. The second kappa shape index (κ2) is 4.31. The van der Waals surface area contributed by atoms with Crippen LogP contribution in [0.15, 0.2) is 48.5 Å². The summed E-state index contributed by atoms with van der Waals surface area (Å²) in [6, 6.07) is 13.8. The molecule has 0 bridgehead atoms. The summed E-state index contributed by atoms with van der Waals surface area (Å²) in [4.78, 5) is 22.7. The molecule has 3 rings (SSSR count). The number of Topliss-reactive ketones (excluding diaryl/α,β-unsaturated/α-hetero) is 1. The third-order valence-electron chi connectivity index (χ3n) is 3.51. The predicted molar refractivity (Wildman–Crippen MR) is 70.3 cm³/mol. The maximum Gasteiger partial charge on any atom is 0.269 e. The van der Waals surface area contributed by atoms with E-state index in [1.54, 1.807) is 12.1 Å². The number of carbonyl (C=O) groups excluding carboxylic acids is 1. The molecule has 2 aromatic carbocycles. The van der Waals surface area contributed by atoms with Gasteiger partial charge in [0.15, 0.2) is 5.78 Å². The molecular formula is C15H11NO3. The van der Waals surface area contributed by atoms with E-state index < -0.39 is 4.92 Å². The number of fused-ring (bicyclic) bond motifs is 1. The van der Waals surface area contributed by atoms with Crippen LogP contribution < -0.4 is 0 Å². The molecule has 1 aliphatic rings. The van der Waals surface area contributed by atoms with E-state index in [4.69, 9.17) is 0 Å². The molecule has 0 amide bonds. The van der Waals surface area contributed by atoms with E-state index in [-0.39, 0.29) is 17.4 Å². The minimum atomic E-state index is -0.434. The third-order valence-corrected chi connectivity index (χ3v) is 3.51. The number of non-ortho nitro benzene ring substituents is 1. The first-order valence-electron chi connectivity index (χ1n) is 6.03. The zero-order valence-electron chi connectivity index (χ0n) is 10.1. The van der Waals surface area contributed by atoms with Gasteiger partial charge in [0.1, 0.15) is 0 Å². The zero-order valence-corrected chi connectivity index (χ0v) is 10.1. The molecule has 0 saturated carbocycles. The van der Waals surface area contributed by atoms with Gasteiger partial charge in [-0.15, -0.1) is 0 Å². The Hall–Kier alpha value is -2.49. The lowest BCUT2D eigenvalue weighted by molar-refractivity contribution is -0.384. The van der Waals surface area contributed by atoms with Crippen LogP contribution in [0.2, 0.25) is 0 Å². The number of ketones is 1. The Balaban J connectivity index is 2.00. The second-order valence-corrected chi connectivity index (χ2v) is 4.63. The average Bonchev–Trinajstić information content (AvgIpc) is 2.77. The molecule has 0 aromatic heterocycles. The SMILES string of the molecule is O=C1c2ccccc2CC1c1cccc([N+](=O)[O-])c1. The average molecular weight is 253 g/mol. The molecule has 0 heterocycles. The van der Waals surface area contributed by atoms with E-state index >= 15 is 0 Å². The molecule has 0 N–H and O–H groups in total. The highest BCUT2D eigenvalue weighted by Crippen LogP contribution is 2.34. The van der Waals surface area contributed by atoms with Gasteiger partial charge in [-0.1, -0.05) is 36.4 Å². The third kappa shape index (κ3) is 1.91. The summed E-state index contributed by atoms with van der Waals surface area (Å²) in [6.45, 7) is 0. The van der Waals surface area contributed by atoms with Gasteiger partial charge >= 0.3 is 0 Å². The van der Waals surface area contributed by atoms with E-state index in [1.807, 2.05) is 24.3 Å². The second-order valence-electron chi connectivity index (χ2n) is 4.63. The Labute approximate surface area is 109 Å². The summed E-state index contributed by atoms with van der Waals surface area (Å²) < 4.78 is 0. The number of nitro benzene ring substituents is 1. The number of rotatable bonds is 2. The van der Waals surface area contributed by atoms with Crippen molar-refractivity contribution in [2.45, 2.75) is 12.3 Å². The van der Waals surface area contributed by atoms with E-state index in [0.29, 0.717) is 6.42 Å². The first kappa shape index (κ1) is 11.6. The smallest absolute Gasteiger partial charge is 0.269 e. The lowest BCUT2D eigenvalue weighted by Gasteiger charge is -2.07. The van der Waals surface area contributed by atoms with Crippen molar-refractivity contribution in [3.8, 4) is 0 Å². The highest BCUT2D eigenvalue weighted by Gasteiger charge is 2.31. The van der Waals surface area contributed by atoms with Crippen molar-refractivity contribution in [3.05, 3.63) is 75.3 Å². The van der Waals surface area contributed by atoms with Crippen LogP contribution in [-0.2, 0) is 6.42 Å². The molecule has 4 nitrogen and oxygen atoms in total. The Morgan fingerprint density at radius 1 is 1.11 bits per heavy atom. The molecule has 19 heavy (non-hydrogen) atoms. The lowest BCUT2D eigenvalue weighted by Crippen LogP contribution is -2.07. The Morgan fingerprint density at radius 3 is 2.63 bits per heavy atom. The van der Waals surface area contributed by atoms with Gasteiger partial charge in [0.25, 0.3) is 5.69 Å². The van der Waals surface area contributed by atoms with Crippen molar-refractivity contribution < 1.29 is 9.72 Å². The van der Waals surface area contributed by atoms with Crippen molar-refractivity contribution in [3.63, 3.8) is 0 Å². The summed E-state index contributed by atoms with van der Waals surface area (Å²) in [5.41, 5.74) is 2.50. The van der Waals surface area contributed by atoms with Crippen LogP contribution in [0.3, 0.4) is 0 Å². The van der Waals surface area contributed by atoms with Gasteiger partial charge in [0, 0.05) is 17.7 Å². The molecular weight excluding hydrogens is 242 g/mol. The highest BCUT2D eigenvalue weighted by molar-refractivity contribution is 6.05. The number of benzene rings is 2. The van der Waals surface area contributed by atoms with E-state index in [2.05, 4.69) is 0 Å². The number of hydrogen-bond acceptors (Lipinski definition) is 3. The fraction of sp³-hybridized carbons (Fsp3) is 0.133. The molecule has 4 heteroatoms. The number of nitrogens with zero attached hydrogens (tertiary/aromatic N) is 1. The topological polar surface area (TPSA) is 60.2 Å². The maximum atomic E-state index is 12.3. The molecule has 2 aromatic rings. The Morgan fingerprint density at radius 2 is 1.89 bits per heavy atom. The molecule has 0 fully saturated rings. The largest absolute Gasteiger partial charge is 0.293 e. The van der Waals surface area contributed by atoms with E-state index in [0.717, 1.165) is 16.7 Å². The lowest BCUT2D eigenvalue weighted by atomic mass is 9.95. The normalized spacial score (nSPS) is 17.3. The van der Waals surface area contributed by atoms with Crippen LogP contribution in [0.25, 0.3) is 0 Å². The van der Waals surface area contributed by atoms with Crippen LogP contribution in [-0.4, -0.2) is 10.7 Å². The molecule has 0 spiro atoms. The van der Waals surface area contributed by atoms with E-state index in [1.165, 1.54) is 12.1 Å². The molecule has 1 atom stereocenters. The van der Waals surface area contributed by atoms with Crippen LogP contribution in [0.5, 0.6) is 0 Å². The maximum absolute atomic E-state index is 12.3. The predicted octanol–water partition coefficient (Wildman–Crippen LogP) is 3.12. The molecule has 1 unspecified atom stereocenters. The van der Waals surface area contributed by atoms with Gasteiger partial charge in [-0.05, 0) is 17.5 Å². The minimum Gasteiger partial charge on any atom is -0.293 e. The fourth-order valence-corrected chi connectivity index (χ4v) is 2.56. The van der Waals surface area contributed by atoms with Gasteiger partial charge in [-0.3, -0.25) is 14.9 Å². The molecule has 0 radical (unpaired) electrons. The van der Waals surface area contributed by atoms with Crippen molar-refractivity contribution >= 4 is 11.5 Å². The van der Waals surface area contributed by atoms with Crippen LogP contribution in [0, 0.1) is 10.1 Å². The molecule has 94 valence electrons. The highest BCUT2D eigenvalue weighted by atomic mass is 16.6. The number of nitro groups is 1. The number of carbonyl (C=O) groups is 1. The van der Waals surface area contributed by atoms with Crippen LogP contribution in [0.1, 0.15) is 27.4 Å². The van der Waals surface area contributed by atoms with Crippen LogP contribution >= 0.6 is 0 Å². The van der Waals surface area contributed by atoms with Crippen molar-refractivity contribution in [2.75, 3.05) is 0 Å². The molecule has 1 aliphatic carbocycles. The quantitative estimate of drug-likeness (QED) is 0.610. The summed E-state index contributed by atoms with van der Waals surface area (Å²) in [5, 5.41) is 10.8. The fourth-order valence-electron chi connectivity index (χ4n) is 2.56. The zero-order chi connectivity index (χ0) is 13.4. The van der Waals surface area contributed by atoms with Gasteiger partial charge < -0.3 is 0 Å². The summed E-state index contributed by atoms with van der Waals surface area (Å²) in [6.07, 6.45) is 0.621. The Bertz CT molecular complexity index is 679. The van der Waals surface area contributed by atoms with Gasteiger partial charge in [0.05, 0.1) is 10.8 Å². The minimum absolute atomic E-state index is 0.0289. The van der Waals surface area contributed by atoms with Gasteiger partial charge in [-0.25, -0.2) is 0 Å². The van der Waals surface area contributed by atoms with Crippen molar-refractivity contribution in [1.82, 2.24) is 0 Å². The molecule has 0 saturated heterocycles. The summed E-state index contributed by atoms with van der Waals surface area (Å²) in [5.74, 6) is -0.242. The molecule has 0 aliphatic heterocycles. The van der Waals surface area contributed by atoms with Crippen molar-refractivity contribution in [1.29, 1.82) is 0 Å². The van der Waals surface area contributed by atoms with E-state index in [9.17, 15) is 14.9 Å². The Kier molecular flexibility index (Phi) is 2.63. The number of hydrogen-bond donors (Lipinski definition) is 0.